The van der Waals surface area contributed by atoms with Crippen LogP contribution in [0.5, 0.6) is 0 Å². The van der Waals surface area contributed by atoms with Gasteiger partial charge in [0, 0.05) is 29.3 Å². The number of nitrogens with one attached hydrogen (secondary N) is 1. The van der Waals surface area contributed by atoms with Crippen LogP contribution in [-0.4, -0.2) is 24.5 Å². The van der Waals surface area contributed by atoms with Gasteiger partial charge in [0.1, 0.15) is 5.82 Å². The van der Waals surface area contributed by atoms with E-state index in [1.54, 1.807) is 12.4 Å². The lowest BCUT2D eigenvalue weighted by molar-refractivity contribution is 0.391. The Bertz CT molecular complexity index is 1310. The maximum absolute atomic E-state index is 14.4. The second kappa shape index (κ2) is 6.72. The van der Waals surface area contributed by atoms with E-state index in [1.165, 1.54) is 6.07 Å². The Morgan fingerprint density at radius 1 is 1.17 bits per heavy atom. The Hall–Kier alpha value is -3.16. The van der Waals surface area contributed by atoms with Crippen LogP contribution in [-0.2, 0) is 13.0 Å². The first-order chi connectivity index (χ1) is 14.1. The van der Waals surface area contributed by atoms with E-state index in [2.05, 4.69) is 19.9 Å². The molecule has 1 aromatic carbocycles. The first-order valence-electron chi connectivity index (χ1n) is 9.77. The predicted molar refractivity (Wildman–Crippen MR) is 105 cm³/mol. The van der Waals surface area contributed by atoms with Crippen molar-refractivity contribution >= 4 is 22.2 Å². The number of pyridine rings is 1. The maximum Gasteiger partial charge on any atom is 0.252 e. The van der Waals surface area contributed by atoms with Crippen LogP contribution in [0.25, 0.3) is 22.2 Å². The van der Waals surface area contributed by atoms with Crippen LogP contribution in [0.3, 0.4) is 0 Å². The number of hydrogen-bond acceptors (Lipinski definition) is 4. The Morgan fingerprint density at radius 2 is 1.97 bits per heavy atom. The van der Waals surface area contributed by atoms with Crippen molar-refractivity contribution in [3.8, 4) is 0 Å². The topological polar surface area (TPSA) is 76.5 Å². The summed E-state index contributed by atoms with van der Waals surface area (Å²) >= 11 is 0. The van der Waals surface area contributed by atoms with Gasteiger partial charge in [-0.1, -0.05) is 13.3 Å². The summed E-state index contributed by atoms with van der Waals surface area (Å²) < 4.78 is 30.2. The van der Waals surface area contributed by atoms with Crippen molar-refractivity contribution in [2.24, 2.45) is 0 Å². The van der Waals surface area contributed by atoms with Crippen LogP contribution in [0.15, 0.2) is 29.3 Å². The fourth-order valence-electron chi connectivity index (χ4n) is 4.13. The molecule has 0 saturated heterocycles. The predicted octanol–water partition coefficient (Wildman–Crippen LogP) is 3.82. The molecule has 0 bridgehead atoms. The fourth-order valence-corrected chi connectivity index (χ4v) is 4.13. The number of hydrogen-bond donors (Lipinski definition) is 1. The standard InChI is InChI=1S/C21H19F2N5O/c1-2-12-14(13-6-7-15(22)16(23)17(13)26-21(12)29)10-28-19(11-4-3-5-11)27-18-20(28)25-9-8-24-18/h6-9,11H,2-5,10H2,1H3,(H,26,29). The third-order valence-electron chi connectivity index (χ3n) is 5.85. The van der Waals surface area contributed by atoms with E-state index in [4.69, 9.17) is 0 Å². The SMILES string of the molecule is CCc1c(Cn2c(C3CCC3)nc3nccnc32)c2ccc(F)c(F)c2[nH]c1=O. The molecule has 3 aromatic heterocycles. The molecule has 4 aromatic rings. The Kier molecular flexibility index (Phi) is 4.15. The molecule has 1 aliphatic carbocycles. The van der Waals surface area contributed by atoms with Gasteiger partial charge in [0.25, 0.3) is 5.56 Å². The van der Waals surface area contributed by atoms with Gasteiger partial charge in [-0.15, -0.1) is 0 Å². The lowest BCUT2D eigenvalue weighted by atomic mass is 9.84. The molecule has 148 valence electrons. The van der Waals surface area contributed by atoms with Crippen LogP contribution in [0.1, 0.15) is 49.1 Å². The van der Waals surface area contributed by atoms with Gasteiger partial charge in [-0.3, -0.25) is 4.79 Å². The second-order valence-corrected chi connectivity index (χ2v) is 7.44. The van der Waals surface area contributed by atoms with Gasteiger partial charge in [0.15, 0.2) is 22.9 Å². The molecule has 0 aliphatic heterocycles. The van der Waals surface area contributed by atoms with Crippen molar-refractivity contribution in [2.45, 2.75) is 45.1 Å². The van der Waals surface area contributed by atoms with E-state index in [0.29, 0.717) is 46.7 Å². The minimum Gasteiger partial charge on any atom is -0.319 e. The largest absolute Gasteiger partial charge is 0.319 e. The van der Waals surface area contributed by atoms with Crippen molar-refractivity contribution in [3.05, 3.63) is 63.5 Å². The number of nitrogens with zero attached hydrogens (tertiary/aromatic N) is 4. The first-order valence-corrected chi connectivity index (χ1v) is 9.77. The quantitative estimate of drug-likeness (QED) is 0.570. The molecule has 0 spiro atoms. The average Bonchev–Trinajstić information content (AvgIpc) is 3.02. The number of aromatic amines is 1. The van der Waals surface area contributed by atoms with E-state index < -0.39 is 17.2 Å². The minimum absolute atomic E-state index is 0.108. The highest BCUT2D eigenvalue weighted by Gasteiger charge is 2.27. The molecule has 1 N–H and O–H groups in total. The Balaban J connectivity index is 1.78. The number of H-pyrrole nitrogens is 1. The van der Waals surface area contributed by atoms with E-state index in [9.17, 15) is 13.6 Å². The summed E-state index contributed by atoms with van der Waals surface area (Å²) in [6, 6.07) is 2.61. The third-order valence-corrected chi connectivity index (χ3v) is 5.85. The summed E-state index contributed by atoms with van der Waals surface area (Å²) in [5.74, 6) is -0.829. The molecule has 1 saturated carbocycles. The number of benzene rings is 1. The van der Waals surface area contributed by atoms with Gasteiger partial charge in [0.05, 0.1) is 12.1 Å². The van der Waals surface area contributed by atoms with Gasteiger partial charge in [-0.25, -0.2) is 23.7 Å². The number of halogens is 2. The summed E-state index contributed by atoms with van der Waals surface area (Å²) in [7, 11) is 0. The zero-order valence-electron chi connectivity index (χ0n) is 15.9. The summed E-state index contributed by atoms with van der Waals surface area (Å²) in [4.78, 5) is 28.6. The van der Waals surface area contributed by atoms with Crippen molar-refractivity contribution in [1.82, 2.24) is 24.5 Å². The summed E-state index contributed by atoms with van der Waals surface area (Å²) in [6.45, 7) is 2.17. The van der Waals surface area contributed by atoms with Gasteiger partial charge < -0.3 is 9.55 Å². The van der Waals surface area contributed by atoms with Crippen molar-refractivity contribution in [3.63, 3.8) is 0 Å². The van der Waals surface area contributed by atoms with Crippen LogP contribution >= 0.6 is 0 Å². The summed E-state index contributed by atoms with van der Waals surface area (Å²) in [5, 5.41) is 0.491. The van der Waals surface area contributed by atoms with E-state index in [1.807, 2.05) is 11.5 Å². The normalized spacial score (nSPS) is 14.6. The second-order valence-electron chi connectivity index (χ2n) is 7.44. The lowest BCUT2D eigenvalue weighted by Gasteiger charge is -2.26. The van der Waals surface area contributed by atoms with Crippen molar-refractivity contribution in [2.75, 3.05) is 0 Å². The summed E-state index contributed by atoms with van der Waals surface area (Å²) in [5.41, 5.74) is 1.89. The highest BCUT2D eigenvalue weighted by molar-refractivity contribution is 5.84. The van der Waals surface area contributed by atoms with Gasteiger partial charge in [-0.2, -0.15) is 0 Å². The Labute approximate surface area is 164 Å². The molecule has 8 heteroatoms. The molecule has 1 aliphatic rings. The zero-order chi connectivity index (χ0) is 20.1. The smallest absolute Gasteiger partial charge is 0.252 e. The number of rotatable bonds is 4. The van der Waals surface area contributed by atoms with Crippen LogP contribution in [0.2, 0.25) is 0 Å². The van der Waals surface area contributed by atoms with Crippen LogP contribution in [0.4, 0.5) is 8.78 Å². The number of imidazole rings is 1. The molecule has 0 unspecified atom stereocenters. The van der Waals surface area contributed by atoms with Gasteiger partial charge >= 0.3 is 0 Å². The highest BCUT2D eigenvalue weighted by atomic mass is 19.2. The third kappa shape index (κ3) is 2.73. The first kappa shape index (κ1) is 17.9. The van der Waals surface area contributed by atoms with Crippen molar-refractivity contribution in [1.29, 1.82) is 0 Å². The molecule has 6 nitrogen and oxygen atoms in total. The van der Waals surface area contributed by atoms with Crippen LogP contribution < -0.4 is 5.56 Å². The Morgan fingerprint density at radius 3 is 2.69 bits per heavy atom. The van der Waals surface area contributed by atoms with Gasteiger partial charge in [0.2, 0.25) is 0 Å². The van der Waals surface area contributed by atoms with E-state index >= 15 is 0 Å². The molecule has 0 radical (unpaired) electrons. The monoisotopic (exact) mass is 395 g/mol. The lowest BCUT2D eigenvalue weighted by Crippen LogP contribution is -2.21. The van der Waals surface area contributed by atoms with Gasteiger partial charge in [-0.05, 0) is 37.0 Å². The zero-order valence-corrected chi connectivity index (χ0v) is 15.9. The van der Waals surface area contributed by atoms with E-state index in [0.717, 1.165) is 31.2 Å². The molecule has 0 amide bonds. The van der Waals surface area contributed by atoms with E-state index in [-0.39, 0.29) is 5.52 Å². The van der Waals surface area contributed by atoms with Crippen molar-refractivity contribution < 1.29 is 8.78 Å². The number of aromatic nitrogens is 5. The maximum atomic E-state index is 14.4. The van der Waals surface area contributed by atoms with Crippen LogP contribution in [0, 0.1) is 11.6 Å². The molecule has 5 rings (SSSR count). The average molecular weight is 395 g/mol. The summed E-state index contributed by atoms with van der Waals surface area (Å²) in [6.07, 6.45) is 6.91. The molecule has 0 atom stereocenters. The molecule has 3 heterocycles. The fraction of sp³-hybridized carbons (Fsp3) is 0.333. The minimum atomic E-state index is -1.04. The highest BCUT2D eigenvalue weighted by Crippen LogP contribution is 2.37. The molecule has 1 fully saturated rings. The molecular formula is C21H19F2N5O. The molecule has 29 heavy (non-hydrogen) atoms. The number of fused-ring (bicyclic) bond motifs is 2. The molecular weight excluding hydrogens is 376 g/mol.